The molecule has 1 aromatic heterocycles. The van der Waals surface area contributed by atoms with Gasteiger partial charge >= 0.3 is 0 Å². The Labute approximate surface area is 231 Å². The summed E-state index contributed by atoms with van der Waals surface area (Å²) >= 11 is 6.55. The van der Waals surface area contributed by atoms with Gasteiger partial charge < -0.3 is 25.2 Å². The van der Waals surface area contributed by atoms with Crippen molar-refractivity contribution in [2.24, 2.45) is 0 Å². The molecule has 8 nitrogen and oxygen atoms in total. The monoisotopic (exact) mass is 535 g/mol. The number of rotatable bonds is 7. The number of nitrogens with zero attached hydrogens (tertiary/aromatic N) is 5. The Morgan fingerprint density at radius 3 is 2.34 bits per heavy atom. The van der Waals surface area contributed by atoms with E-state index >= 15 is 0 Å². The first-order chi connectivity index (χ1) is 18.4. The number of benzene rings is 2. The van der Waals surface area contributed by atoms with Gasteiger partial charge in [-0.1, -0.05) is 29.8 Å². The first-order valence-electron chi connectivity index (χ1n) is 13.4. The van der Waals surface area contributed by atoms with E-state index in [4.69, 9.17) is 16.3 Å². The zero-order chi connectivity index (χ0) is 26.6. The summed E-state index contributed by atoms with van der Waals surface area (Å²) in [7, 11) is 3.91. The molecule has 3 aromatic rings. The van der Waals surface area contributed by atoms with Crippen LogP contribution in [0.3, 0.4) is 0 Å². The Bertz CT molecular complexity index is 1250. The zero-order valence-corrected chi connectivity index (χ0v) is 23.6. The van der Waals surface area contributed by atoms with Gasteiger partial charge in [0.2, 0.25) is 5.95 Å². The van der Waals surface area contributed by atoms with Crippen molar-refractivity contribution in [1.82, 2.24) is 19.8 Å². The number of hydrogen-bond acceptors (Lipinski definition) is 8. The molecular weight excluding hydrogens is 498 g/mol. The van der Waals surface area contributed by atoms with E-state index in [-0.39, 0.29) is 0 Å². The van der Waals surface area contributed by atoms with Crippen LogP contribution in [-0.4, -0.2) is 79.2 Å². The third-order valence-electron chi connectivity index (χ3n) is 7.73. The van der Waals surface area contributed by atoms with Gasteiger partial charge in [0.05, 0.1) is 18.5 Å². The third kappa shape index (κ3) is 5.98. The van der Waals surface area contributed by atoms with Crippen LogP contribution in [0.4, 0.5) is 28.8 Å². The number of aromatic nitrogens is 2. The van der Waals surface area contributed by atoms with Gasteiger partial charge in [0.25, 0.3) is 0 Å². The molecular formula is C29H38ClN7O. The smallest absolute Gasteiger partial charge is 0.229 e. The summed E-state index contributed by atoms with van der Waals surface area (Å²) in [6.07, 6.45) is 2.39. The van der Waals surface area contributed by atoms with Gasteiger partial charge in [-0.15, -0.1) is 0 Å². The SMILES string of the molecule is COc1cc(N2CCC(N3CCN(C)CC3)CC2)ccc1Nc1nc(C)c(Cl)c(Nc2ccccc2C)n1. The highest BCUT2D eigenvalue weighted by atomic mass is 35.5. The van der Waals surface area contributed by atoms with E-state index in [1.807, 2.05) is 44.2 Å². The van der Waals surface area contributed by atoms with Crippen LogP contribution in [-0.2, 0) is 0 Å². The Kier molecular flexibility index (Phi) is 8.21. The van der Waals surface area contributed by atoms with Gasteiger partial charge in [-0.3, -0.25) is 4.90 Å². The normalized spacial score (nSPS) is 17.4. The minimum atomic E-state index is 0.460. The molecule has 0 amide bonds. The number of piperidine rings is 1. The van der Waals surface area contributed by atoms with E-state index < -0.39 is 0 Å². The number of halogens is 1. The highest BCUT2D eigenvalue weighted by Gasteiger charge is 2.27. The average Bonchev–Trinajstić information content (AvgIpc) is 2.93. The molecule has 0 bridgehead atoms. The lowest BCUT2D eigenvalue weighted by Gasteiger charge is -2.42. The van der Waals surface area contributed by atoms with Gasteiger partial charge in [-0.25, -0.2) is 4.98 Å². The predicted molar refractivity (Wildman–Crippen MR) is 157 cm³/mol. The molecule has 0 unspecified atom stereocenters. The quantitative estimate of drug-likeness (QED) is 0.413. The summed E-state index contributed by atoms with van der Waals surface area (Å²) in [5.74, 6) is 1.78. The number of anilines is 5. The third-order valence-corrected chi connectivity index (χ3v) is 8.18. The maximum absolute atomic E-state index is 6.55. The van der Waals surface area contributed by atoms with Crippen LogP contribution < -0.4 is 20.3 Å². The Hall–Kier alpha value is -3.07. The van der Waals surface area contributed by atoms with Crippen LogP contribution >= 0.6 is 11.6 Å². The Balaban J connectivity index is 1.28. The molecule has 0 radical (unpaired) electrons. The summed E-state index contributed by atoms with van der Waals surface area (Å²) in [6, 6.07) is 15.0. The minimum Gasteiger partial charge on any atom is -0.494 e. The number of hydrogen-bond donors (Lipinski definition) is 2. The minimum absolute atomic E-state index is 0.460. The molecule has 38 heavy (non-hydrogen) atoms. The molecule has 0 atom stereocenters. The molecule has 2 fully saturated rings. The molecule has 2 N–H and O–H groups in total. The maximum Gasteiger partial charge on any atom is 0.229 e. The highest BCUT2D eigenvalue weighted by Crippen LogP contribution is 2.34. The predicted octanol–water partition coefficient (Wildman–Crippen LogP) is 5.46. The molecule has 3 heterocycles. The van der Waals surface area contributed by atoms with Crippen LogP contribution in [0, 0.1) is 13.8 Å². The van der Waals surface area contributed by atoms with Gasteiger partial charge in [-0.05, 0) is 57.5 Å². The molecule has 9 heteroatoms. The van der Waals surface area contributed by atoms with Gasteiger partial charge in [0, 0.05) is 62.8 Å². The van der Waals surface area contributed by atoms with Crippen LogP contribution in [0.25, 0.3) is 0 Å². The van der Waals surface area contributed by atoms with Crippen molar-refractivity contribution < 1.29 is 4.74 Å². The molecule has 202 valence electrons. The molecule has 0 spiro atoms. The molecule has 2 aromatic carbocycles. The van der Waals surface area contributed by atoms with Gasteiger partial charge in [0.15, 0.2) is 5.82 Å². The van der Waals surface area contributed by atoms with Gasteiger partial charge in [-0.2, -0.15) is 4.98 Å². The molecule has 0 saturated carbocycles. The second kappa shape index (κ2) is 11.8. The lowest BCUT2D eigenvalue weighted by Crippen LogP contribution is -2.52. The van der Waals surface area contributed by atoms with E-state index in [1.165, 1.54) is 44.7 Å². The van der Waals surface area contributed by atoms with E-state index in [0.717, 1.165) is 35.8 Å². The molecule has 2 aliphatic rings. The summed E-state index contributed by atoms with van der Waals surface area (Å²) in [4.78, 5) is 16.8. The lowest BCUT2D eigenvalue weighted by molar-refractivity contribution is 0.0982. The Morgan fingerprint density at radius 2 is 1.63 bits per heavy atom. The number of aryl methyl sites for hydroxylation is 2. The summed E-state index contributed by atoms with van der Waals surface area (Å²) in [6.45, 7) is 10.8. The van der Waals surface area contributed by atoms with Crippen LogP contribution in [0.1, 0.15) is 24.1 Å². The molecule has 2 saturated heterocycles. The molecule has 5 rings (SSSR count). The van der Waals surface area contributed by atoms with E-state index in [0.29, 0.717) is 28.5 Å². The van der Waals surface area contributed by atoms with Gasteiger partial charge in [0.1, 0.15) is 10.8 Å². The van der Waals surface area contributed by atoms with E-state index in [2.05, 4.69) is 54.5 Å². The van der Waals surface area contributed by atoms with Crippen LogP contribution in [0.15, 0.2) is 42.5 Å². The Morgan fingerprint density at radius 1 is 0.895 bits per heavy atom. The van der Waals surface area contributed by atoms with Crippen molar-refractivity contribution in [2.45, 2.75) is 32.7 Å². The van der Waals surface area contributed by atoms with Crippen molar-refractivity contribution in [3.63, 3.8) is 0 Å². The standard InChI is InChI=1S/C29H38ClN7O/c1-20-7-5-6-8-24(20)32-28-27(30)21(2)31-29(34-28)33-25-10-9-23(19-26(25)38-4)36-13-11-22(12-14-36)37-17-15-35(3)16-18-37/h5-10,19,22H,11-18H2,1-4H3,(H2,31,32,33,34). The number of ether oxygens (including phenoxy) is 1. The number of methoxy groups -OCH3 is 1. The summed E-state index contributed by atoms with van der Waals surface area (Å²) < 4.78 is 5.77. The van der Waals surface area contributed by atoms with Crippen LogP contribution in [0.2, 0.25) is 5.02 Å². The average molecular weight is 536 g/mol. The largest absolute Gasteiger partial charge is 0.494 e. The number of likely N-dealkylation sites (N-methyl/N-ethyl adjacent to an activating group) is 1. The number of piperazine rings is 1. The van der Waals surface area contributed by atoms with Crippen molar-refractivity contribution in [1.29, 1.82) is 0 Å². The van der Waals surface area contributed by atoms with Crippen molar-refractivity contribution >= 4 is 40.4 Å². The fourth-order valence-electron chi connectivity index (χ4n) is 5.32. The fourth-order valence-corrected chi connectivity index (χ4v) is 5.45. The van der Waals surface area contributed by atoms with E-state index in [1.54, 1.807) is 7.11 Å². The van der Waals surface area contributed by atoms with Crippen molar-refractivity contribution in [2.75, 3.05) is 69.0 Å². The van der Waals surface area contributed by atoms with Crippen molar-refractivity contribution in [3.05, 3.63) is 58.7 Å². The highest BCUT2D eigenvalue weighted by molar-refractivity contribution is 6.33. The van der Waals surface area contributed by atoms with Crippen LogP contribution in [0.5, 0.6) is 5.75 Å². The second-order valence-electron chi connectivity index (χ2n) is 10.3. The topological polar surface area (TPSA) is 68.8 Å². The number of para-hydroxylation sites is 1. The second-order valence-corrected chi connectivity index (χ2v) is 10.7. The molecule has 0 aliphatic carbocycles. The fraction of sp³-hybridized carbons (Fsp3) is 0.448. The summed E-state index contributed by atoms with van der Waals surface area (Å²) in [5.41, 5.74) is 4.75. The van der Waals surface area contributed by atoms with Crippen molar-refractivity contribution in [3.8, 4) is 5.75 Å². The first-order valence-corrected chi connectivity index (χ1v) is 13.8. The first kappa shape index (κ1) is 26.5. The maximum atomic E-state index is 6.55. The molecule has 2 aliphatic heterocycles. The van der Waals surface area contributed by atoms with E-state index in [9.17, 15) is 0 Å². The lowest BCUT2D eigenvalue weighted by atomic mass is 10.0. The zero-order valence-electron chi connectivity index (χ0n) is 22.8. The summed E-state index contributed by atoms with van der Waals surface area (Å²) in [5, 5.41) is 7.19. The number of nitrogens with one attached hydrogen (secondary N) is 2.